The number of aliphatic carboxylic acids is 1. The van der Waals surface area contributed by atoms with Crippen molar-refractivity contribution in [3.63, 3.8) is 0 Å². The van der Waals surface area contributed by atoms with Crippen molar-refractivity contribution >= 4 is 5.97 Å². The second-order valence-electron chi connectivity index (χ2n) is 2.50. The molecule has 1 aliphatic rings. The molecule has 0 fully saturated rings. The molecule has 1 heterocycles. The second-order valence-corrected chi connectivity index (χ2v) is 2.50. The quantitative estimate of drug-likeness (QED) is 0.643. The van der Waals surface area contributed by atoms with E-state index in [-0.39, 0.29) is 12.5 Å². The van der Waals surface area contributed by atoms with Gasteiger partial charge in [-0.1, -0.05) is 24.3 Å². The molecule has 0 saturated heterocycles. The van der Waals surface area contributed by atoms with Crippen LogP contribution in [0.4, 0.5) is 0 Å². The number of hydrogen-bond donors (Lipinski definition) is 2. The Balaban J connectivity index is 2.53. The number of allylic oxidation sites excluding steroid dienone is 4. The number of hydrogen-bond acceptors (Lipinski definition) is 2. The average molecular weight is 165 g/mol. The molecule has 0 aromatic rings. The summed E-state index contributed by atoms with van der Waals surface area (Å²) in [6, 6.07) is -0.108. The molecule has 0 radical (unpaired) electrons. The van der Waals surface area contributed by atoms with Crippen LogP contribution >= 0.6 is 0 Å². The molecule has 3 nitrogen and oxygen atoms in total. The monoisotopic (exact) mass is 165 g/mol. The molecule has 1 aliphatic heterocycles. The Hall–Kier alpha value is -1.51. The van der Waals surface area contributed by atoms with Gasteiger partial charge >= 0.3 is 5.97 Å². The Labute approximate surface area is 71.1 Å². The standard InChI is InChI=1S/C9H11NO2/c11-9(12)7-8-5-3-1-2-4-6-10-8/h1-6,8,10H,7H2,(H,11,12). The first kappa shape index (κ1) is 8.59. The van der Waals surface area contributed by atoms with Gasteiger partial charge < -0.3 is 10.4 Å². The molecule has 1 rings (SSSR count). The van der Waals surface area contributed by atoms with Gasteiger partial charge in [-0.3, -0.25) is 4.79 Å². The summed E-state index contributed by atoms with van der Waals surface area (Å²) in [4.78, 5) is 10.3. The van der Waals surface area contributed by atoms with Gasteiger partial charge in [0.25, 0.3) is 0 Å². The number of nitrogens with one attached hydrogen (secondary N) is 1. The normalized spacial score (nSPS) is 21.2. The third-order valence-electron chi connectivity index (χ3n) is 1.48. The smallest absolute Gasteiger partial charge is 0.305 e. The minimum Gasteiger partial charge on any atom is -0.481 e. The van der Waals surface area contributed by atoms with Gasteiger partial charge in [0.15, 0.2) is 0 Å². The summed E-state index contributed by atoms with van der Waals surface area (Å²) in [5.41, 5.74) is 0. The minimum atomic E-state index is -0.796. The largest absolute Gasteiger partial charge is 0.481 e. The van der Waals surface area contributed by atoms with Crippen LogP contribution < -0.4 is 5.32 Å². The summed E-state index contributed by atoms with van der Waals surface area (Å²) in [5.74, 6) is -0.796. The zero-order chi connectivity index (χ0) is 8.81. The predicted molar refractivity (Wildman–Crippen MR) is 46.6 cm³/mol. The van der Waals surface area contributed by atoms with Crippen molar-refractivity contribution in [1.82, 2.24) is 5.32 Å². The number of carboxylic acids is 1. The van der Waals surface area contributed by atoms with E-state index in [2.05, 4.69) is 5.32 Å². The van der Waals surface area contributed by atoms with E-state index in [4.69, 9.17) is 5.11 Å². The van der Waals surface area contributed by atoms with E-state index in [0.717, 1.165) is 0 Å². The molecule has 0 spiro atoms. The van der Waals surface area contributed by atoms with Crippen molar-refractivity contribution in [2.24, 2.45) is 0 Å². The molecule has 0 aliphatic carbocycles. The van der Waals surface area contributed by atoms with Crippen molar-refractivity contribution in [1.29, 1.82) is 0 Å². The minimum absolute atomic E-state index is 0.106. The van der Waals surface area contributed by atoms with Gasteiger partial charge in [0.2, 0.25) is 0 Å². The second kappa shape index (κ2) is 4.38. The van der Waals surface area contributed by atoms with Gasteiger partial charge in [-0.25, -0.2) is 0 Å². The van der Waals surface area contributed by atoms with Crippen LogP contribution in [0.15, 0.2) is 36.6 Å². The maximum absolute atomic E-state index is 10.3. The van der Waals surface area contributed by atoms with Crippen molar-refractivity contribution < 1.29 is 9.90 Å². The van der Waals surface area contributed by atoms with Crippen molar-refractivity contribution in [3.05, 3.63) is 36.6 Å². The third-order valence-corrected chi connectivity index (χ3v) is 1.48. The van der Waals surface area contributed by atoms with Gasteiger partial charge in [0.1, 0.15) is 0 Å². The summed E-state index contributed by atoms with van der Waals surface area (Å²) >= 11 is 0. The molecule has 12 heavy (non-hydrogen) atoms. The van der Waals surface area contributed by atoms with Crippen LogP contribution in [-0.4, -0.2) is 17.1 Å². The predicted octanol–water partition coefficient (Wildman–Crippen LogP) is 1.06. The zero-order valence-corrected chi connectivity index (χ0v) is 6.60. The Morgan fingerprint density at radius 3 is 2.83 bits per heavy atom. The Morgan fingerprint density at radius 1 is 1.33 bits per heavy atom. The Kier molecular flexibility index (Phi) is 3.14. The molecule has 1 unspecified atom stereocenters. The fourth-order valence-electron chi connectivity index (χ4n) is 0.932. The van der Waals surface area contributed by atoms with Gasteiger partial charge in [-0.15, -0.1) is 0 Å². The summed E-state index contributed by atoms with van der Waals surface area (Å²) < 4.78 is 0. The fourth-order valence-corrected chi connectivity index (χ4v) is 0.932. The van der Waals surface area contributed by atoms with E-state index >= 15 is 0 Å². The van der Waals surface area contributed by atoms with Crippen molar-refractivity contribution in [2.45, 2.75) is 12.5 Å². The van der Waals surface area contributed by atoms with Crippen LogP contribution in [0.2, 0.25) is 0 Å². The number of carbonyl (C=O) groups is 1. The molecule has 2 N–H and O–H groups in total. The molecule has 64 valence electrons. The van der Waals surface area contributed by atoms with Gasteiger partial charge in [0.05, 0.1) is 12.5 Å². The van der Waals surface area contributed by atoms with E-state index in [9.17, 15) is 4.79 Å². The lowest BCUT2D eigenvalue weighted by Gasteiger charge is -2.10. The fraction of sp³-hybridized carbons (Fsp3) is 0.222. The van der Waals surface area contributed by atoms with Crippen LogP contribution in [0.3, 0.4) is 0 Å². The molecular formula is C9H11NO2. The highest BCUT2D eigenvalue weighted by Gasteiger charge is 2.06. The van der Waals surface area contributed by atoms with Crippen LogP contribution in [0.1, 0.15) is 6.42 Å². The Bertz CT molecular complexity index is 241. The zero-order valence-electron chi connectivity index (χ0n) is 6.60. The van der Waals surface area contributed by atoms with Crippen LogP contribution in [-0.2, 0) is 4.79 Å². The maximum Gasteiger partial charge on any atom is 0.305 e. The topological polar surface area (TPSA) is 49.3 Å². The van der Waals surface area contributed by atoms with Gasteiger partial charge in [0, 0.05) is 0 Å². The molecular weight excluding hydrogens is 154 g/mol. The van der Waals surface area contributed by atoms with E-state index in [1.165, 1.54) is 0 Å². The molecule has 3 heteroatoms. The Morgan fingerprint density at radius 2 is 2.08 bits per heavy atom. The first-order valence-corrected chi connectivity index (χ1v) is 3.77. The van der Waals surface area contributed by atoms with E-state index in [1.807, 2.05) is 30.4 Å². The molecule has 0 aromatic carbocycles. The lowest BCUT2D eigenvalue weighted by atomic mass is 10.2. The van der Waals surface area contributed by atoms with Gasteiger partial charge in [-0.05, 0) is 12.3 Å². The number of carboxylic acid groups (broad SMARTS) is 1. The summed E-state index contributed by atoms with van der Waals surface area (Å²) in [5, 5.41) is 11.5. The van der Waals surface area contributed by atoms with Crippen molar-refractivity contribution in [2.75, 3.05) is 0 Å². The highest BCUT2D eigenvalue weighted by atomic mass is 16.4. The lowest BCUT2D eigenvalue weighted by molar-refractivity contribution is -0.137. The average Bonchev–Trinajstić information content (AvgIpc) is 1.93. The summed E-state index contributed by atoms with van der Waals surface area (Å²) in [6.07, 6.45) is 11.1. The summed E-state index contributed by atoms with van der Waals surface area (Å²) in [7, 11) is 0. The van der Waals surface area contributed by atoms with Crippen LogP contribution in [0.5, 0.6) is 0 Å². The molecule has 0 bridgehead atoms. The summed E-state index contributed by atoms with van der Waals surface area (Å²) in [6.45, 7) is 0. The van der Waals surface area contributed by atoms with Gasteiger partial charge in [-0.2, -0.15) is 0 Å². The number of rotatable bonds is 2. The van der Waals surface area contributed by atoms with E-state index in [1.54, 1.807) is 6.20 Å². The highest BCUT2D eigenvalue weighted by Crippen LogP contribution is 1.97. The SMILES string of the molecule is O=C(O)CC1C=CC=CC=CN1. The van der Waals surface area contributed by atoms with Crippen LogP contribution in [0.25, 0.3) is 0 Å². The first-order chi connectivity index (χ1) is 5.79. The van der Waals surface area contributed by atoms with Crippen molar-refractivity contribution in [3.8, 4) is 0 Å². The van der Waals surface area contributed by atoms with E-state index < -0.39 is 5.97 Å². The first-order valence-electron chi connectivity index (χ1n) is 3.77. The van der Waals surface area contributed by atoms with Crippen LogP contribution in [0, 0.1) is 0 Å². The molecule has 0 saturated carbocycles. The lowest BCUT2D eigenvalue weighted by Crippen LogP contribution is -2.25. The highest BCUT2D eigenvalue weighted by molar-refractivity contribution is 5.68. The third kappa shape index (κ3) is 3.05. The van der Waals surface area contributed by atoms with E-state index in [0.29, 0.717) is 0 Å². The maximum atomic E-state index is 10.3. The molecule has 1 atom stereocenters. The molecule has 0 aromatic heterocycles. The molecule has 0 amide bonds.